The van der Waals surface area contributed by atoms with Crippen LogP contribution in [0.3, 0.4) is 0 Å². The number of hydrogen-bond acceptors (Lipinski definition) is 2. The molecule has 1 heterocycles. The van der Waals surface area contributed by atoms with Crippen LogP contribution in [-0.4, -0.2) is 0 Å². The molecular weight excluding hydrogens is 262 g/mol. The first-order valence-corrected chi connectivity index (χ1v) is 7.39. The minimum absolute atomic E-state index is 0.292. The highest BCUT2D eigenvalue weighted by molar-refractivity contribution is 7.10. The van der Waals surface area contributed by atoms with Crippen molar-refractivity contribution in [2.24, 2.45) is 0 Å². The van der Waals surface area contributed by atoms with Crippen LogP contribution in [0, 0.1) is 6.92 Å². The fraction of sp³-hybridized carbons (Fsp3) is 0.333. The van der Waals surface area contributed by atoms with E-state index in [0.29, 0.717) is 12.1 Å². The van der Waals surface area contributed by atoms with Crippen LogP contribution in [0.2, 0.25) is 5.02 Å². The Kier molecular flexibility index (Phi) is 4.44. The number of thiophene rings is 1. The molecule has 2 atom stereocenters. The monoisotopic (exact) mass is 279 g/mol. The first-order valence-electron chi connectivity index (χ1n) is 6.13. The van der Waals surface area contributed by atoms with E-state index in [-0.39, 0.29) is 0 Å². The maximum absolute atomic E-state index is 6.02. The van der Waals surface area contributed by atoms with Crippen LogP contribution in [0.15, 0.2) is 35.7 Å². The molecule has 0 spiro atoms. The third-order valence-electron chi connectivity index (χ3n) is 3.14. The predicted octanol–water partition coefficient (Wildman–Crippen LogP) is 5.12. The Morgan fingerprint density at radius 3 is 2.56 bits per heavy atom. The molecule has 0 saturated heterocycles. The molecule has 1 N–H and O–H groups in total. The second-order valence-electron chi connectivity index (χ2n) is 4.63. The lowest BCUT2D eigenvalue weighted by atomic mass is 10.1. The lowest BCUT2D eigenvalue weighted by molar-refractivity contribution is 0.499. The maximum Gasteiger partial charge on any atom is 0.0409 e. The summed E-state index contributed by atoms with van der Waals surface area (Å²) in [5.41, 5.74) is 2.59. The minimum Gasteiger partial charge on any atom is -0.303 e. The third kappa shape index (κ3) is 3.14. The van der Waals surface area contributed by atoms with E-state index in [2.05, 4.69) is 43.6 Å². The van der Waals surface area contributed by atoms with E-state index in [4.69, 9.17) is 11.6 Å². The van der Waals surface area contributed by atoms with Crippen LogP contribution in [0.4, 0.5) is 0 Å². The summed E-state index contributed by atoms with van der Waals surface area (Å²) in [6, 6.07) is 10.9. The SMILES string of the molecule is Cc1ccsc1C(C)NC(C)c1cccc(Cl)c1. The van der Waals surface area contributed by atoms with Crippen LogP contribution in [0.5, 0.6) is 0 Å². The van der Waals surface area contributed by atoms with Crippen LogP contribution in [0.1, 0.15) is 41.9 Å². The van der Waals surface area contributed by atoms with Gasteiger partial charge in [-0.3, -0.25) is 0 Å². The van der Waals surface area contributed by atoms with E-state index in [1.54, 1.807) is 0 Å². The largest absolute Gasteiger partial charge is 0.303 e. The molecule has 1 aromatic carbocycles. The minimum atomic E-state index is 0.292. The fourth-order valence-electron chi connectivity index (χ4n) is 2.15. The molecule has 0 radical (unpaired) electrons. The van der Waals surface area contributed by atoms with Gasteiger partial charge in [-0.25, -0.2) is 0 Å². The highest BCUT2D eigenvalue weighted by Crippen LogP contribution is 2.26. The Morgan fingerprint density at radius 2 is 1.94 bits per heavy atom. The second-order valence-corrected chi connectivity index (χ2v) is 6.02. The molecule has 18 heavy (non-hydrogen) atoms. The van der Waals surface area contributed by atoms with Crippen molar-refractivity contribution in [2.45, 2.75) is 32.9 Å². The van der Waals surface area contributed by atoms with Crippen LogP contribution >= 0.6 is 22.9 Å². The average Bonchev–Trinajstić information content (AvgIpc) is 2.75. The third-order valence-corrected chi connectivity index (χ3v) is 4.58. The molecule has 1 nitrogen and oxygen atoms in total. The number of rotatable bonds is 4. The Morgan fingerprint density at radius 1 is 1.17 bits per heavy atom. The molecule has 0 saturated carbocycles. The zero-order valence-corrected chi connectivity index (χ0v) is 12.5. The van der Waals surface area contributed by atoms with E-state index in [1.165, 1.54) is 16.0 Å². The Balaban J connectivity index is 2.08. The molecule has 0 aliphatic heterocycles. The summed E-state index contributed by atoms with van der Waals surface area (Å²) in [6.45, 7) is 6.54. The van der Waals surface area contributed by atoms with Crippen LogP contribution in [0.25, 0.3) is 0 Å². The van der Waals surface area contributed by atoms with Gasteiger partial charge in [0.2, 0.25) is 0 Å². The zero-order valence-electron chi connectivity index (χ0n) is 10.9. The number of benzene rings is 1. The summed E-state index contributed by atoms with van der Waals surface area (Å²) in [4.78, 5) is 1.41. The summed E-state index contributed by atoms with van der Waals surface area (Å²) in [5, 5.41) is 6.56. The van der Waals surface area contributed by atoms with Gasteiger partial charge in [0, 0.05) is 22.0 Å². The van der Waals surface area contributed by atoms with Crippen molar-refractivity contribution in [3.8, 4) is 0 Å². The molecular formula is C15H18ClNS. The number of nitrogens with one attached hydrogen (secondary N) is 1. The summed E-state index contributed by atoms with van der Waals surface area (Å²) >= 11 is 7.83. The molecule has 2 rings (SSSR count). The van der Waals surface area contributed by atoms with E-state index in [9.17, 15) is 0 Å². The van der Waals surface area contributed by atoms with Gasteiger partial charge >= 0.3 is 0 Å². The summed E-state index contributed by atoms with van der Waals surface area (Å²) < 4.78 is 0. The molecule has 0 bridgehead atoms. The van der Waals surface area contributed by atoms with Gasteiger partial charge in [0.25, 0.3) is 0 Å². The summed E-state index contributed by atoms with van der Waals surface area (Å²) in [7, 11) is 0. The lowest BCUT2D eigenvalue weighted by Crippen LogP contribution is -2.22. The second kappa shape index (κ2) is 5.87. The number of halogens is 1. The molecule has 0 amide bonds. The maximum atomic E-state index is 6.02. The van der Waals surface area contributed by atoms with Gasteiger partial charge in [-0.1, -0.05) is 23.7 Å². The summed E-state index contributed by atoms with van der Waals surface area (Å²) in [6.07, 6.45) is 0. The highest BCUT2D eigenvalue weighted by atomic mass is 35.5. The standard InChI is InChI=1S/C15H18ClNS/c1-10-7-8-18-15(10)12(3)17-11(2)13-5-4-6-14(16)9-13/h4-9,11-12,17H,1-3H3. The first-order chi connectivity index (χ1) is 8.58. The van der Waals surface area contributed by atoms with E-state index < -0.39 is 0 Å². The molecule has 96 valence electrons. The fourth-order valence-corrected chi connectivity index (χ4v) is 3.29. The van der Waals surface area contributed by atoms with E-state index >= 15 is 0 Å². The van der Waals surface area contributed by atoms with Crippen molar-refractivity contribution >= 4 is 22.9 Å². The average molecular weight is 280 g/mol. The number of hydrogen-bond donors (Lipinski definition) is 1. The smallest absolute Gasteiger partial charge is 0.0409 e. The lowest BCUT2D eigenvalue weighted by Gasteiger charge is -2.20. The first kappa shape index (κ1) is 13.6. The molecule has 0 fully saturated rings. The molecule has 2 aromatic rings. The highest BCUT2D eigenvalue weighted by Gasteiger charge is 2.13. The molecule has 2 unspecified atom stereocenters. The normalized spacial score (nSPS) is 14.4. The molecule has 1 aromatic heterocycles. The van der Waals surface area contributed by atoms with Gasteiger partial charge in [0.05, 0.1) is 0 Å². The van der Waals surface area contributed by atoms with Gasteiger partial charge in [-0.2, -0.15) is 0 Å². The van der Waals surface area contributed by atoms with Gasteiger partial charge in [-0.05, 0) is 55.5 Å². The summed E-state index contributed by atoms with van der Waals surface area (Å²) in [5.74, 6) is 0. The van der Waals surface area contributed by atoms with Crippen molar-refractivity contribution in [3.05, 3.63) is 56.7 Å². The predicted molar refractivity (Wildman–Crippen MR) is 80.5 cm³/mol. The van der Waals surface area contributed by atoms with Crippen molar-refractivity contribution in [3.63, 3.8) is 0 Å². The van der Waals surface area contributed by atoms with Gasteiger partial charge in [0.15, 0.2) is 0 Å². The Bertz CT molecular complexity index is 521. The quantitative estimate of drug-likeness (QED) is 0.819. The van der Waals surface area contributed by atoms with E-state index in [0.717, 1.165) is 5.02 Å². The van der Waals surface area contributed by atoms with Crippen molar-refractivity contribution in [1.29, 1.82) is 0 Å². The zero-order chi connectivity index (χ0) is 13.1. The van der Waals surface area contributed by atoms with Crippen molar-refractivity contribution < 1.29 is 0 Å². The molecule has 3 heteroatoms. The van der Waals surface area contributed by atoms with Crippen LogP contribution < -0.4 is 5.32 Å². The molecule has 0 aliphatic carbocycles. The van der Waals surface area contributed by atoms with E-state index in [1.807, 2.05) is 29.5 Å². The van der Waals surface area contributed by atoms with Crippen molar-refractivity contribution in [1.82, 2.24) is 5.32 Å². The van der Waals surface area contributed by atoms with Gasteiger partial charge < -0.3 is 5.32 Å². The Labute approximate surface area is 118 Å². The van der Waals surface area contributed by atoms with Crippen LogP contribution in [-0.2, 0) is 0 Å². The topological polar surface area (TPSA) is 12.0 Å². The molecule has 0 aliphatic rings. The number of aryl methyl sites for hydroxylation is 1. The van der Waals surface area contributed by atoms with Crippen molar-refractivity contribution in [2.75, 3.05) is 0 Å². The van der Waals surface area contributed by atoms with Gasteiger partial charge in [-0.15, -0.1) is 11.3 Å². The van der Waals surface area contributed by atoms with Gasteiger partial charge in [0.1, 0.15) is 0 Å². The Hall–Kier alpha value is -0.830.